The maximum absolute atomic E-state index is 13.0. The van der Waals surface area contributed by atoms with E-state index in [4.69, 9.17) is 4.74 Å². The highest BCUT2D eigenvalue weighted by Gasteiger charge is 2.29. The minimum absolute atomic E-state index is 0.0873. The van der Waals surface area contributed by atoms with Gasteiger partial charge < -0.3 is 14.2 Å². The lowest BCUT2D eigenvalue weighted by molar-refractivity contribution is -0.0284. The molecular weight excluding hydrogens is 316 g/mol. The Morgan fingerprint density at radius 2 is 2.12 bits per heavy atom. The lowest BCUT2D eigenvalue weighted by atomic mass is 9.90. The summed E-state index contributed by atoms with van der Waals surface area (Å²) < 4.78 is 7.82. The van der Waals surface area contributed by atoms with Crippen LogP contribution in [-0.4, -0.2) is 45.3 Å². The average molecular weight is 340 g/mol. The molecule has 1 amide bonds. The number of fused-ring (bicyclic) bond motifs is 1. The fourth-order valence-corrected chi connectivity index (χ4v) is 3.80. The molecule has 2 aromatic rings. The Morgan fingerprint density at radius 3 is 2.96 bits per heavy atom. The molecule has 25 heavy (non-hydrogen) atoms. The van der Waals surface area contributed by atoms with E-state index >= 15 is 0 Å². The summed E-state index contributed by atoms with van der Waals surface area (Å²) in [4.78, 5) is 14.9. The number of benzene rings is 1. The van der Waals surface area contributed by atoms with Gasteiger partial charge in [0.25, 0.3) is 5.91 Å². The van der Waals surface area contributed by atoms with E-state index < -0.39 is 0 Å². The Balaban J connectivity index is 1.52. The van der Waals surface area contributed by atoms with Crippen molar-refractivity contribution in [1.29, 1.82) is 0 Å². The number of ether oxygens (including phenoxy) is 1. The van der Waals surface area contributed by atoms with Gasteiger partial charge in [-0.1, -0.05) is 6.07 Å². The highest BCUT2D eigenvalue weighted by Crippen LogP contribution is 2.25. The van der Waals surface area contributed by atoms with Crippen LogP contribution in [-0.2, 0) is 24.1 Å². The third kappa shape index (κ3) is 3.18. The second-order valence-corrected chi connectivity index (χ2v) is 6.78. The Morgan fingerprint density at radius 1 is 1.28 bits per heavy atom. The number of nitrogens with zero attached hydrogens (tertiary/aromatic N) is 4. The van der Waals surface area contributed by atoms with Crippen LogP contribution in [0.2, 0.25) is 0 Å². The van der Waals surface area contributed by atoms with Crippen LogP contribution in [0, 0.1) is 0 Å². The second kappa shape index (κ2) is 6.96. The lowest BCUT2D eigenvalue weighted by Crippen LogP contribution is -2.43. The fraction of sp³-hybridized carbons (Fsp3) is 0.526. The molecule has 0 N–H and O–H groups in total. The van der Waals surface area contributed by atoms with Gasteiger partial charge in [-0.05, 0) is 55.9 Å². The van der Waals surface area contributed by atoms with Crippen LogP contribution >= 0.6 is 0 Å². The molecular formula is C19H24N4O2. The minimum atomic E-state index is -0.210. The largest absolute Gasteiger partial charge is 0.366 e. The topological polar surface area (TPSA) is 60.2 Å². The molecule has 132 valence electrons. The summed E-state index contributed by atoms with van der Waals surface area (Å²) in [5, 5.41) is 8.16. The van der Waals surface area contributed by atoms with Crippen molar-refractivity contribution in [3.63, 3.8) is 0 Å². The van der Waals surface area contributed by atoms with Crippen LogP contribution in [0.25, 0.3) is 0 Å². The van der Waals surface area contributed by atoms with Gasteiger partial charge in [-0.2, -0.15) is 0 Å². The zero-order chi connectivity index (χ0) is 17.2. The van der Waals surface area contributed by atoms with Crippen molar-refractivity contribution in [2.45, 2.75) is 45.3 Å². The normalized spacial score (nSPS) is 20.4. The van der Waals surface area contributed by atoms with Crippen LogP contribution in [0.1, 0.15) is 53.2 Å². The van der Waals surface area contributed by atoms with E-state index in [1.807, 2.05) is 22.5 Å². The maximum atomic E-state index is 13.0. The fourth-order valence-electron chi connectivity index (χ4n) is 3.80. The molecule has 1 aliphatic carbocycles. The monoisotopic (exact) mass is 340 g/mol. The molecule has 1 aromatic heterocycles. The van der Waals surface area contributed by atoms with Crippen molar-refractivity contribution in [3.05, 3.63) is 47.0 Å². The van der Waals surface area contributed by atoms with Crippen molar-refractivity contribution in [3.8, 4) is 0 Å². The van der Waals surface area contributed by atoms with E-state index in [-0.39, 0.29) is 12.0 Å². The highest BCUT2D eigenvalue weighted by molar-refractivity contribution is 5.94. The number of aromatic nitrogens is 3. The molecule has 4 rings (SSSR count). The van der Waals surface area contributed by atoms with E-state index in [0.717, 1.165) is 30.8 Å². The first kappa shape index (κ1) is 16.3. The van der Waals surface area contributed by atoms with Gasteiger partial charge in [-0.15, -0.1) is 10.2 Å². The lowest BCUT2D eigenvalue weighted by Gasteiger charge is -2.32. The maximum Gasteiger partial charge on any atom is 0.254 e. The zero-order valence-corrected chi connectivity index (χ0v) is 14.6. The number of hydrogen-bond acceptors (Lipinski definition) is 4. The standard InChI is InChI=1S/C19H24N4O2/c1-2-22-13-20-21-18(22)17-12-23(9-10-25-17)19(24)16-8-7-14-5-3-4-6-15(14)11-16/h7-8,11,13,17H,2-6,9-10,12H2,1H3. The van der Waals surface area contributed by atoms with Crippen molar-refractivity contribution in [2.75, 3.05) is 19.7 Å². The van der Waals surface area contributed by atoms with Crippen molar-refractivity contribution < 1.29 is 9.53 Å². The van der Waals surface area contributed by atoms with Crippen LogP contribution < -0.4 is 0 Å². The van der Waals surface area contributed by atoms with Crippen molar-refractivity contribution >= 4 is 5.91 Å². The number of carbonyl (C=O) groups is 1. The van der Waals surface area contributed by atoms with Gasteiger partial charge in [0, 0.05) is 18.7 Å². The molecule has 0 bridgehead atoms. The van der Waals surface area contributed by atoms with Gasteiger partial charge in [-0.3, -0.25) is 4.79 Å². The molecule has 6 nitrogen and oxygen atoms in total. The molecule has 0 radical (unpaired) electrons. The summed E-state index contributed by atoms with van der Waals surface area (Å²) in [6, 6.07) is 6.20. The average Bonchev–Trinajstić information content (AvgIpc) is 3.16. The van der Waals surface area contributed by atoms with Gasteiger partial charge in [0.05, 0.1) is 13.2 Å². The number of aryl methyl sites for hydroxylation is 3. The van der Waals surface area contributed by atoms with E-state index in [0.29, 0.717) is 19.7 Å². The Bertz CT molecular complexity index is 771. The Hall–Kier alpha value is -2.21. The molecule has 1 aliphatic heterocycles. The highest BCUT2D eigenvalue weighted by atomic mass is 16.5. The third-order valence-electron chi connectivity index (χ3n) is 5.22. The SMILES string of the molecule is CCn1cnnc1C1CN(C(=O)c2ccc3c(c2)CCCC3)CCO1. The summed E-state index contributed by atoms with van der Waals surface area (Å²) in [6.07, 6.45) is 6.19. The van der Waals surface area contributed by atoms with E-state index in [1.165, 1.54) is 24.0 Å². The smallest absolute Gasteiger partial charge is 0.254 e. The first-order chi connectivity index (χ1) is 12.3. The molecule has 1 aromatic carbocycles. The second-order valence-electron chi connectivity index (χ2n) is 6.78. The first-order valence-electron chi connectivity index (χ1n) is 9.16. The predicted molar refractivity (Wildman–Crippen MR) is 93.4 cm³/mol. The van der Waals surface area contributed by atoms with Crippen LogP contribution in [0.5, 0.6) is 0 Å². The molecule has 0 spiro atoms. The summed E-state index contributed by atoms with van der Waals surface area (Å²) in [5.74, 6) is 0.884. The van der Waals surface area contributed by atoms with Crippen molar-refractivity contribution in [1.82, 2.24) is 19.7 Å². The number of morpholine rings is 1. The van der Waals surface area contributed by atoms with E-state index in [2.05, 4.69) is 22.3 Å². The summed E-state index contributed by atoms with van der Waals surface area (Å²) in [6.45, 7) is 4.51. The van der Waals surface area contributed by atoms with Gasteiger partial charge in [0.1, 0.15) is 12.4 Å². The molecule has 1 unspecified atom stereocenters. The first-order valence-corrected chi connectivity index (χ1v) is 9.16. The molecule has 1 atom stereocenters. The van der Waals surface area contributed by atoms with Crippen LogP contribution in [0.4, 0.5) is 0 Å². The molecule has 2 heterocycles. The summed E-state index contributed by atoms with van der Waals surface area (Å²) in [7, 11) is 0. The van der Waals surface area contributed by atoms with E-state index in [1.54, 1.807) is 6.33 Å². The third-order valence-corrected chi connectivity index (χ3v) is 5.22. The van der Waals surface area contributed by atoms with Crippen LogP contribution in [0.15, 0.2) is 24.5 Å². The van der Waals surface area contributed by atoms with Gasteiger partial charge in [0.15, 0.2) is 5.82 Å². The van der Waals surface area contributed by atoms with Crippen molar-refractivity contribution in [2.24, 2.45) is 0 Å². The van der Waals surface area contributed by atoms with E-state index in [9.17, 15) is 4.79 Å². The Labute approximate surface area is 147 Å². The predicted octanol–water partition coefficient (Wildman–Crippen LogP) is 2.39. The molecule has 1 fully saturated rings. The van der Waals surface area contributed by atoms with Gasteiger partial charge in [0.2, 0.25) is 0 Å². The molecule has 1 saturated heterocycles. The molecule has 6 heteroatoms. The Kier molecular flexibility index (Phi) is 4.53. The summed E-state index contributed by atoms with van der Waals surface area (Å²) in [5.41, 5.74) is 3.53. The quantitative estimate of drug-likeness (QED) is 0.861. The molecule has 0 saturated carbocycles. The minimum Gasteiger partial charge on any atom is -0.366 e. The zero-order valence-electron chi connectivity index (χ0n) is 14.6. The van der Waals surface area contributed by atoms with Crippen LogP contribution in [0.3, 0.4) is 0 Å². The van der Waals surface area contributed by atoms with Gasteiger partial charge in [-0.25, -0.2) is 0 Å². The number of rotatable bonds is 3. The number of carbonyl (C=O) groups excluding carboxylic acids is 1. The summed E-state index contributed by atoms with van der Waals surface area (Å²) >= 11 is 0. The number of amides is 1. The number of hydrogen-bond donors (Lipinski definition) is 0. The van der Waals surface area contributed by atoms with Gasteiger partial charge >= 0.3 is 0 Å². The molecule has 2 aliphatic rings.